The van der Waals surface area contributed by atoms with Crippen molar-refractivity contribution in [3.05, 3.63) is 0 Å². The van der Waals surface area contributed by atoms with Gasteiger partial charge in [-0.05, 0) is 49.4 Å². The van der Waals surface area contributed by atoms with E-state index >= 15 is 0 Å². The molecule has 0 saturated heterocycles. The van der Waals surface area contributed by atoms with Crippen LogP contribution in [-0.2, 0) is 23.9 Å². The maximum atomic E-state index is 13.2. The zero-order valence-corrected chi connectivity index (χ0v) is 18.0. The summed E-state index contributed by atoms with van der Waals surface area (Å²) in [5.41, 5.74) is -2.55. The maximum absolute atomic E-state index is 13.2. The minimum atomic E-state index is -1.64. The van der Waals surface area contributed by atoms with Crippen LogP contribution in [0.1, 0.15) is 79.1 Å². The summed E-state index contributed by atoms with van der Waals surface area (Å²) in [5, 5.41) is 12.1. The van der Waals surface area contributed by atoms with Gasteiger partial charge in [-0.15, -0.1) is 0 Å². The molecule has 0 aromatic heterocycles. The van der Waals surface area contributed by atoms with E-state index in [9.17, 15) is 19.5 Å². The van der Waals surface area contributed by atoms with Gasteiger partial charge in [-0.1, -0.05) is 26.7 Å². The van der Waals surface area contributed by atoms with E-state index in [1.165, 1.54) is 13.8 Å². The zero-order chi connectivity index (χ0) is 21.2. The summed E-state index contributed by atoms with van der Waals surface area (Å²) in [4.78, 5) is 37.0. The van der Waals surface area contributed by atoms with E-state index in [0.29, 0.717) is 25.2 Å². The Morgan fingerprint density at radius 1 is 1.03 bits per heavy atom. The van der Waals surface area contributed by atoms with Crippen LogP contribution in [0, 0.1) is 28.6 Å². The lowest BCUT2D eigenvalue weighted by atomic mass is 9.42. The van der Waals surface area contributed by atoms with Gasteiger partial charge in [-0.3, -0.25) is 14.4 Å². The molecule has 1 N–H and O–H groups in total. The fourth-order valence-electron chi connectivity index (χ4n) is 7.63. The molecule has 29 heavy (non-hydrogen) atoms. The van der Waals surface area contributed by atoms with Crippen LogP contribution in [0.5, 0.6) is 0 Å². The highest BCUT2D eigenvalue weighted by molar-refractivity contribution is 5.91. The van der Waals surface area contributed by atoms with Crippen molar-refractivity contribution in [2.24, 2.45) is 28.6 Å². The van der Waals surface area contributed by atoms with E-state index in [1.807, 2.05) is 6.92 Å². The van der Waals surface area contributed by atoms with Gasteiger partial charge in [0, 0.05) is 31.6 Å². The molecule has 0 amide bonds. The SMILES string of the molecule is CC(=O)O[C@H]1C[C@@H]2[C@@H]([C@H](OC(C)=O)C[C@H]3CCCC[C@@]32C)[C@]2(O)C(=O)CC[C@@]12C. The molecule has 0 unspecified atom stereocenters. The molecule has 6 nitrogen and oxygen atoms in total. The fraction of sp³-hybridized carbons (Fsp3) is 0.870. The molecule has 0 aromatic carbocycles. The van der Waals surface area contributed by atoms with E-state index in [-0.39, 0.29) is 35.5 Å². The molecule has 162 valence electrons. The van der Waals surface area contributed by atoms with Crippen molar-refractivity contribution in [2.45, 2.75) is 96.9 Å². The molecule has 4 aliphatic rings. The Labute approximate surface area is 172 Å². The summed E-state index contributed by atoms with van der Waals surface area (Å²) >= 11 is 0. The Balaban J connectivity index is 1.85. The van der Waals surface area contributed by atoms with Crippen LogP contribution >= 0.6 is 0 Å². The van der Waals surface area contributed by atoms with Crippen LogP contribution in [0.2, 0.25) is 0 Å². The van der Waals surface area contributed by atoms with Gasteiger partial charge in [0.05, 0.1) is 0 Å². The van der Waals surface area contributed by atoms with Crippen LogP contribution < -0.4 is 0 Å². The van der Waals surface area contributed by atoms with Crippen molar-refractivity contribution in [1.29, 1.82) is 0 Å². The van der Waals surface area contributed by atoms with Gasteiger partial charge < -0.3 is 14.6 Å². The third-order valence-corrected chi connectivity index (χ3v) is 9.10. The fourth-order valence-corrected chi connectivity index (χ4v) is 7.63. The summed E-state index contributed by atoms with van der Waals surface area (Å²) in [6, 6.07) is 0. The van der Waals surface area contributed by atoms with Gasteiger partial charge in [-0.2, -0.15) is 0 Å². The number of Topliss-reactive ketones (excluding diaryl/α,β-unsaturated/α-hetero) is 1. The van der Waals surface area contributed by atoms with Crippen molar-refractivity contribution >= 4 is 17.7 Å². The van der Waals surface area contributed by atoms with Gasteiger partial charge in [0.1, 0.15) is 17.8 Å². The smallest absolute Gasteiger partial charge is 0.302 e. The third kappa shape index (κ3) is 2.81. The first kappa shape index (κ1) is 20.8. The topological polar surface area (TPSA) is 89.9 Å². The molecule has 0 bridgehead atoms. The number of ether oxygens (including phenoxy) is 2. The molecule has 6 heteroatoms. The van der Waals surface area contributed by atoms with Crippen molar-refractivity contribution in [2.75, 3.05) is 0 Å². The normalized spacial score (nSPS) is 48.9. The van der Waals surface area contributed by atoms with Gasteiger partial charge >= 0.3 is 11.9 Å². The summed E-state index contributed by atoms with van der Waals surface area (Å²) in [6.45, 7) is 6.93. The molecule has 8 atom stereocenters. The number of carbonyl (C=O) groups is 3. The summed E-state index contributed by atoms with van der Waals surface area (Å²) in [7, 11) is 0. The first-order chi connectivity index (χ1) is 13.5. The second kappa shape index (κ2) is 6.79. The van der Waals surface area contributed by atoms with Gasteiger partial charge in [0.2, 0.25) is 0 Å². The Morgan fingerprint density at radius 2 is 1.72 bits per heavy atom. The molecular formula is C23H34O6. The maximum Gasteiger partial charge on any atom is 0.302 e. The van der Waals surface area contributed by atoms with Gasteiger partial charge in [0.15, 0.2) is 5.78 Å². The van der Waals surface area contributed by atoms with E-state index in [4.69, 9.17) is 9.47 Å². The highest BCUT2D eigenvalue weighted by Crippen LogP contribution is 2.67. The van der Waals surface area contributed by atoms with Gasteiger partial charge in [0.25, 0.3) is 0 Å². The second-order valence-electron chi connectivity index (χ2n) is 10.4. The molecule has 4 rings (SSSR count). The number of esters is 2. The molecular weight excluding hydrogens is 372 g/mol. The summed E-state index contributed by atoms with van der Waals surface area (Å²) in [6.07, 6.45) is 5.44. The number of hydrogen-bond donors (Lipinski definition) is 1. The largest absolute Gasteiger partial charge is 0.462 e. The molecule has 0 radical (unpaired) electrons. The minimum absolute atomic E-state index is 0.0321. The third-order valence-electron chi connectivity index (χ3n) is 9.10. The molecule has 4 aliphatic carbocycles. The number of ketones is 1. The Morgan fingerprint density at radius 3 is 2.38 bits per heavy atom. The average molecular weight is 407 g/mol. The number of aliphatic hydroxyl groups is 1. The first-order valence-corrected chi connectivity index (χ1v) is 11.1. The second-order valence-corrected chi connectivity index (χ2v) is 10.4. The van der Waals surface area contributed by atoms with E-state index in [1.54, 1.807) is 0 Å². The molecule has 4 fully saturated rings. The Bertz CT molecular complexity index is 733. The van der Waals surface area contributed by atoms with Crippen molar-refractivity contribution in [3.8, 4) is 0 Å². The van der Waals surface area contributed by atoms with Crippen molar-refractivity contribution in [1.82, 2.24) is 0 Å². The lowest BCUT2D eigenvalue weighted by molar-refractivity contribution is -0.260. The quantitative estimate of drug-likeness (QED) is 0.709. The number of fused-ring (bicyclic) bond motifs is 5. The lowest BCUT2D eigenvalue weighted by Crippen LogP contribution is -2.71. The molecule has 0 aromatic rings. The average Bonchev–Trinajstić information content (AvgIpc) is 2.87. The van der Waals surface area contributed by atoms with Crippen LogP contribution in [0.15, 0.2) is 0 Å². The zero-order valence-electron chi connectivity index (χ0n) is 18.0. The number of hydrogen-bond acceptors (Lipinski definition) is 6. The standard InChI is InChI=1S/C23H34O6/c1-13(24)28-17-11-15-7-5-6-9-21(15,3)16-12-19(29-14(2)25)22(4)10-8-18(26)23(22,27)20(16)17/h15-17,19-20,27H,5-12H2,1-4H3/t15-,16-,17-,19+,20+,21+,22+,23-/m1/s1. The molecule has 4 saturated carbocycles. The highest BCUT2D eigenvalue weighted by Gasteiger charge is 2.74. The van der Waals surface area contributed by atoms with E-state index in [2.05, 4.69) is 6.92 Å². The summed E-state index contributed by atoms with van der Waals surface area (Å²) < 4.78 is 11.5. The molecule has 0 aliphatic heterocycles. The van der Waals surface area contributed by atoms with Crippen LogP contribution in [-0.4, -0.2) is 40.6 Å². The first-order valence-electron chi connectivity index (χ1n) is 11.1. The predicted octanol–water partition coefficient (Wildman–Crippen LogP) is 3.19. The number of rotatable bonds is 2. The van der Waals surface area contributed by atoms with E-state index in [0.717, 1.165) is 25.7 Å². The summed E-state index contributed by atoms with van der Waals surface area (Å²) in [5.74, 6) is -1.04. The molecule has 0 heterocycles. The van der Waals surface area contributed by atoms with Gasteiger partial charge in [-0.25, -0.2) is 0 Å². The van der Waals surface area contributed by atoms with Crippen LogP contribution in [0.4, 0.5) is 0 Å². The Kier molecular flexibility index (Phi) is 4.88. The lowest BCUT2D eigenvalue weighted by Gasteiger charge is -2.64. The highest BCUT2D eigenvalue weighted by atomic mass is 16.6. The predicted molar refractivity (Wildman–Crippen MR) is 105 cm³/mol. The van der Waals surface area contributed by atoms with Crippen LogP contribution in [0.3, 0.4) is 0 Å². The van der Waals surface area contributed by atoms with E-state index < -0.39 is 29.1 Å². The molecule has 0 spiro atoms. The Hall–Kier alpha value is -1.43. The number of carbonyl (C=O) groups excluding carboxylic acids is 3. The van der Waals surface area contributed by atoms with Crippen molar-refractivity contribution < 1.29 is 29.0 Å². The van der Waals surface area contributed by atoms with Crippen LogP contribution in [0.25, 0.3) is 0 Å². The minimum Gasteiger partial charge on any atom is -0.462 e. The van der Waals surface area contributed by atoms with Crippen molar-refractivity contribution in [3.63, 3.8) is 0 Å². The monoisotopic (exact) mass is 406 g/mol.